The van der Waals surface area contributed by atoms with Crippen molar-refractivity contribution in [3.63, 3.8) is 0 Å². The van der Waals surface area contributed by atoms with Crippen molar-refractivity contribution < 1.29 is 9.47 Å². The molecular weight excluding hydrogens is 216 g/mol. The lowest BCUT2D eigenvalue weighted by Crippen LogP contribution is -2.44. The molecule has 1 aliphatic rings. The summed E-state index contributed by atoms with van der Waals surface area (Å²) in [6.07, 6.45) is 1.95. The van der Waals surface area contributed by atoms with Crippen LogP contribution in [0.2, 0.25) is 0 Å². The third-order valence-corrected chi connectivity index (χ3v) is 3.10. The van der Waals surface area contributed by atoms with Crippen LogP contribution in [-0.2, 0) is 9.47 Å². The highest BCUT2D eigenvalue weighted by atomic mass is 16.5. The van der Waals surface area contributed by atoms with E-state index in [2.05, 4.69) is 32.7 Å². The fourth-order valence-electron chi connectivity index (χ4n) is 2.20. The number of rotatable bonds is 3. The molecule has 98 valence electrons. The summed E-state index contributed by atoms with van der Waals surface area (Å²) in [6.45, 7) is 8.40. The summed E-state index contributed by atoms with van der Waals surface area (Å²) in [5.41, 5.74) is -0.375. The summed E-state index contributed by atoms with van der Waals surface area (Å²) in [7, 11) is 3.32. The Balaban J connectivity index is 3.10. The molecule has 4 nitrogen and oxygen atoms in total. The van der Waals surface area contributed by atoms with E-state index in [1.54, 1.807) is 14.2 Å². The third-order valence-electron chi connectivity index (χ3n) is 3.10. The lowest BCUT2D eigenvalue weighted by molar-refractivity contribution is 0.304. The summed E-state index contributed by atoms with van der Waals surface area (Å²) >= 11 is 0. The van der Waals surface area contributed by atoms with Gasteiger partial charge in [-0.3, -0.25) is 0 Å². The number of aliphatic imine (C=N–C) groups is 2. The molecule has 0 spiro atoms. The van der Waals surface area contributed by atoms with Gasteiger partial charge in [0.1, 0.15) is 11.6 Å². The van der Waals surface area contributed by atoms with Gasteiger partial charge in [-0.15, -0.1) is 0 Å². The molecular formula is C13H24N2O2. The fraction of sp³-hybridized carbons (Fsp3) is 0.846. The van der Waals surface area contributed by atoms with Crippen LogP contribution >= 0.6 is 0 Å². The smallest absolute Gasteiger partial charge is 0.212 e. The predicted octanol–water partition coefficient (Wildman–Crippen LogP) is 2.67. The number of nitrogens with zero attached hydrogens (tertiary/aromatic N) is 2. The second kappa shape index (κ2) is 5.52. The molecule has 1 unspecified atom stereocenters. The highest BCUT2D eigenvalue weighted by Gasteiger charge is 2.38. The van der Waals surface area contributed by atoms with Gasteiger partial charge in [-0.25, -0.2) is 9.98 Å². The van der Waals surface area contributed by atoms with Crippen molar-refractivity contribution in [3.8, 4) is 0 Å². The van der Waals surface area contributed by atoms with Crippen LogP contribution in [0.3, 0.4) is 0 Å². The molecule has 4 heteroatoms. The molecule has 0 N–H and O–H groups in total. The standard InChI is InChI=1S/C13H24N2O2/c1-7-8-13(4)12(17-6)14-10(9(2)3)11(15-13)16-5/h9-10H,7-8H2,1-6H3/t10?,13-/m0/s1. The number of methoxy groups -OCH3 is 2. The van der Waals surface area contributed by atoms with Crippen LogP contribution in [0.1, 0.15) is 40.5 Å². The van der Waals surface area contributed by atoms with E-state index in [1.807, 2.05) is 0 Å². The zero-order valence-corrected chi connectivity index (χ0v) is 11.8. The minimum atomic E-state index is -0.375. The Labute approximate surface area is 104 Å². The first-order valence-electron chi connectivity index (χ1n) is 6.24. The molecule has 1 heterocycles. The van der Waals surface area contributed by atoms with Crippen LogP contribution in [0.5, 0.6) is 0 Å². The van der Waals surface area contributed by atoms with E-state index < -0.39 is 0 Å². The maximum atomic E-state index is 5.42. The Kier molecular flexibility index (Phi) is 4.54. The van der Waals surface area contributed by atoms with Crippen LogP contribution in [0.15, 0.2) is 9.98 Å². The van der Waals surface area contributed by atoms with Crippen molar-refractivity contribution in [1.29, 1.82) is 0 Å². The van der Waals surface area contributed by atoms with Gasteiger partial charge in [0.2, 0.25) is 11.8 Å². The van der Waals surface area contributed by atoms with Gasteiger partial charge in [0.05, 0.1) is 14.2 Å². The first-order valence-corrected chi connectivity index (χ1v) is 6.24. The van der Waals surface area contributed by atoms with E-state index in [9.17, 15) is 0 Å². The Morgan fingerprint density at radius 2 is 1.94 bits per heavy atom. The topological polar surface area (TPSA) is 43.2 Å². The molecule has 2 atom stereocenters. The second-order valence-electron chi connectivity index (χ2n) is 5.01. The van der Waals surface area contributed by atoms with Gasteiger partial charge < -0.3 is 9.47 Å². The Bertz CT molecular complexity index is 323. The van der Waals surface area contributed by atoms with Gasteiger partial charge in [-0.1, -0.05) is 27.2 Å². The lowest BCUT2D eigenvalue weighted by atomic mass is 9.93. The van der Waals surface area contributed by atoms with Crippen molar-refractivity contribution in [1.82, 2.24) is 0 Å². The summed E-state index contributed by atoms with van der Waals surface area (Å²) < 4.78 is 10.8. The second-order valence-corrected chi connectivity index (χ2v) is 5.01. The van der Waals surface area contributed by atoms with E-state index in [4.69, 9.17) is 14.5 Å². The zero-order valence-electron chi connectivity index (χ0n) is 11.8. The third kappa shape index (κ3) is 2.79. The number of ether oxygens (including phenoxy) is 2. The first kappa shape index (κ1) is 14.0. The van der Waals surface area contributed by atoms with Gasteiger partial charge >= 0.3 is 0 Å². The quantitative estimate of drug-likeness (QED) is 0.761. The lowest BCUT2D eigenvalue weighted by Gasteiger charge is -2.33. The molecule has 0 fully saturated rings. The van der Waals surface area contributed by atoms with Crippen LogP contribution < -0.4 is 0 Å². The Morgan fingerprint density at radius 1 is 1.29 bits per heavy atom. The molecule has 0 aromatic rings. The summed E-state index contributed by atoms with van der Waals surface area (Å²) in [5.74, 6) is 1.79. The van der Waals surface area contributed by atoms with Gasteiger partial charge in [0, 0.05) is 0 Å². The molecule has 0 amide bonds. The molecule has 1 aliphatic heterocycles. The van der Waals surface area contributed by atoms with Crippen LogP contribution in [0.4, 0.5) is 0 Å². The fourth-order valence-corrected chi connectivity index (χ4v) is 2.20. The number of hydrogen-bond acceptors (Lipinski definition) is 4. The molecule has 0 radical (unpaired) electrons. The van der Waals surface area contributed by atoms with E-state index in [0.29, 0.717) is 5.92 Å². The van der Waals surface area contributed by atoms with E-state index in [0.717, 1.165) is 24.6 Å². The minimum Gasteiger partial charge on any atom is -0.483 e. The summed E-state index contributed by atoms with van der Waals surface area (Å²) in [5, 5.41) is 0. The molecule has 1 rings (SSSR count). The predicted molar refractivity (Wildman–Crippen MR) is 70.8 cm³/mol. The van der Waals surface area contributed by atoms with Gasteiger partial charge in [-0.05, 0) is 19.3 Å². The van der Waals surface area contributed by atoms with Gasteiger partial charge in [0.25, 0.3) is 0 Å². The highest BCUT2D eigenvalue weighted by molar-refractivity contribution is 5.96. The normalized spacial score (nSPS) is 28.8. The van der Waals surface area contributed by atoms with Crippen LogP contribution in [0.25, 0.3) is 0 Å². The van der Waals surface area contributed by atoms with Crippen molar-refractivity contribution in [2.75, 3.05) is 14.2 Å². The largest absolute Gasteiger partial charge is 0.483 e. The average molecular weight is 240 g/mol. The first-order chi connectivity index (χ1) is 7.98. The molecule has 0 saturated carbocycles. The van der Waals surface area contributed by atoms with E-state index in [-0.39, 0.29) is 11.6 Å². The Hall–Kier alpha value is -1.06. The van der Waals surface area contributed by atoms with Gasteiger partial charge in [0.15, 0.2) is 0 Å². The number of hydrogen-bond donors (Lipinski definition) is 0. The molecule has 0 bridgehead atoms. The SMILES string of the molecule is CCC[C@]1(C)N=C(OC)C(C(C)C)N=C1OC. The summed E-state index contributed by atoms with van der Waals surface area (Å²) in [4.78, 5) is 9.38. The maximum absolute atomic E-state index is 5.42. The van der Waals surface area contributed by atoms with Gasteiger partial charge in [-0.2, -0.15) is 0 Å². The van der Waals surface area contributed by atoms with Crippen molar-refractivity contribution in [2.24, 2.45) is 15.9 Å². The Morgan fingerprint density at radius 3 is 2.35 bits per heavy atom. The highest BCUT2D eigenvalue weighted by Crippen LogP contribution is 2.28. The molecule has 0 aromatic carbocycles. The molecule has 0 aliphatic carbocycles. The van der Waals surface area contributed by atoms with E-state index in [1.165, 1.54) is 0 Å². The molecule has 17 heavy (non-hydrogen) atoms. The average Bonchev–Trinajstić information content (AvgIpc) is 2.28. The zero-order chi connectivity index (χ0) is 13.1. The van der Waals surface area contributed by atoms with Crippen LogP contribution in [0, 0.1) is 5.92 Å². The maximum Gasteiger partial charge on any atom is 0.212 e. The van der Waals surface area contributed by atoms with Crippen molar-refractivity contribution >= 4 is 11.8 Å². The summed E-state index contributed by atoms with van der Waals surface area (Å²) in [6, 6.07) is -0.0279. The monoisotopic (exact) mass is 240 g/mol. The van der Waals surface area contributed by atoms with E-state index >= 15 is 0 Å². The van der Waals surface area contributed by atoms with Crippen molar-refractivity contribution in [3.05, 3.63) is 0 Å². The van der Waals surface area contributed by atoms with Crippen LogP contribution in [-0.4, -0.2) is 37.6 Å². The minimum absolute atomic E-state index is 0.0279. The molecule has 0 aromatic heterocycles. The van der Waals surface area contributed by atoms with Crippen molar-refractivity contribution in [2.45, 2.75) is 52.1 Å². The molecule has 0 saturated heterocycles.